The van der Waals surface area contributed by atoms with Crippen LogP contribution in [0.1, 0.15) is 36.5 Å². The lowest BCUT2D eigenvalue weighted by Crippen LogP contribution is -2.58. The summed E-state index contributed by atoms with van der Waals surface area (Å²) in [5, 5.41) is 0. The van der Waals surface area contributed by atoms with Gasteiger partial charge in [0.1, 0.15) is 0 Å². The lowest BCUT2D eigenvalue weighted by molar-refractivity contribution is 0.112. The molecule has 4 heteroatoms. The molecule has 0 radical (unpaired) electrons. The van der Waals surface area contributed by atoms with Crippen molar-refractivity contribution in [3.63, 3.8) is 0 Å². The smallest absolute Gasteiger partial charge is 0.151 e. The van der Waals surface area contributed by atoms with E-state index in [1.165, 1.54) is 31.5 Å². The van der Waals surface area contributed by atoms with Crippen LogP contribution >= 0.6 is 15.9 Å². The molecular formula is C16H21BrN2O. The summed E-state index contributed by atoms with van der Waals surface area (Å²) in [4.78, 5) is 16.1. The minimum Gasteiger partial charge on any atom is -0.366 e. The predicted octanol–water partition coefficient (Wildman–Crippen LogP) is 3.32. The number of aldehydes is 1. The Hall–Kier alpha value is -0.870. The van der Waals surface area contributed by atoms with Crippen LogP contribution in [0.2, 0.25) is 0 Å². The van der Waals surface area contributed by atoms with E-state index in [4.69, 9.17) is 0 Å². The highest BCUT2D eigenvalue weighted by Crippen LogP contribution is 2.30. The molecule has 0 aromatic heterocycles. The van der Waals surface area contributed by atoms with Crippen LogP contribution in [-0.4, -0.2) is 42.9 Å². The number of carbonyl (C=O) groups is 1. The second-order valence-electron chi connectivity index (χ2n) is 5.97. The number of piperazine rings is 1. The quantitative estimate of drug-likeness (QED) is 0.774. The van der Waals surface area contributed by atoms with Crippen LogP contribution in [0.25, 0.3) is 0 Å². The molecule has 0 amide bonds. The first-order chi connectivity index (χ1) is 9.69. The molecule has 2 aliphatic rings. The van der Waals surface area contributed by atoms with Crippen LogP contribution in [0, 0.1) is 0 Å². The molecule has 3 rings (SSSR count). The first-order valence-electron chi connectivity index (χ1n) is 7.44. The number of halogens is 1. The minimum absolute atomic E-state index is 0.526. The molecule has 2 atom stereocenters. The van der Waals surface area contributed by atoms with E-state index in [9.17, 15) is 4.79 Å². The summed E-state index contributed by atoms with van der Waals surface area (Å²) in [5.41, 5.74) is 1.94. The van der Waals surface area contributed by atoms with Crippen LogP contribution in [0.15, 0.2) is 22.7 Å². The first-order valence-corrected chi connectivity index (χ1v) is 8.24. The van der Waals surface area contributed by atoms with Crippen LogP contribution < -0.4 is 4.90 Å². The number of hydrogen-bond acceptors (Lipinski definition) is 3. The summed E-state index contributed by atoms with van der Waals surface area (Å²) < 4.78 is 0.892. The van der Waals surface area contributed by atoms with Crippen molar-refractivity contribution < 1.29 is 4.79 Å². The summed E-state index contributed by atoms with van der Waals surface area (Å²) >= 11 is 3.49. The molecule has 2 fully saturated rings. The number of nitrogens with zero attached hydrogens (tertiary/aromatic N) is 2. The summed E-state index contributed by atoms with van der Waals surface area (Å²) in [7, 11) is 0. The maximum atomic E-state index is 10.9. The molecule has 0 aliphatic carbocycles. The number of rotatable bonds is 2. The molecule has 3 nitrogen and oxygen atoms in total. The zero-order valence-corrected chi connectivity index (χ0v) is 13.5. The number of fused-ring (bicyclic) bond motifs is 1. The Morgan fingerprint density at radius 2 is 2.15 bits per heavy atom. The van der Waals surface area contributed by atoms with E-state index in [2.05, 4.69) is 44.8 Å². The lowest BCUT2D eigenvalue weighted by Gasteiger charge is -2.48. The van der Waals surface area contributed by atoms with Crippen molar-refractivity contribution in [1.82, 2.24) is 4.90 Å². The van der Waals surface area contributed by atoms with Crippen molar-refractivity contribution in [2.45, 2.75) is 38.3 Å². The van der Waals surface area contributed by atoms with E-state index in [0.717, 1.165) is 29.4 Å². The average molecular weight is 337 g/mol. The second kappa shape index (κ2) is 5.86. The molecule has 20 heavy (non-hydrogen) atoms. The second-order valence-corrected chi connectivity index (χ2v) is 6.82. The Balaban J connectivity index is 1.82. The molecule has 2 aliphatic heterocycles. The average Bonchev–Trinajstić information content (AvgIpc) is 2.46. The molecule has 0 saturated carbocycles. The van der Waals surface area contributed by atoms with Crippen molar-refractivity contribution in [2.24, 2.45) is 0 Å². The molecule has 0 spiro atoms. The van der Waals surface area contributed by atoms with E-state index in [-0.39, 0.29) is 0 Å². The van der Waals surface area contributed by atoms with Crippen molar-refractivity contribution in [3.05, 3.63) is 28.2 Å². The molecule has 0 N–H and O–H groups in total. The third-order valence-electron chi connectivity index (χ3n) is 4.63. The standard InChI is InChI=1S/C16H21BrN2O/c1-12-9-18-7-3-2-4-15(18)10-19(12)14-6-5-13(11-20)16(17)8-14/h5-6,8,11-12,15H,2-4,7,9-10H2,1H3. The van der Waals surface area contributed by atoms with Gasteiger partial charge in [-0.15, -0.1) is 0 Å². The number of anilines is 1. The van der Waals surface area contributed by atoms with Crippen LogP contribution in [0.5, 0.6) is 0 Å². The van der Waals surface area contributed by atoms with Gasteiger partial charge < -0.3 is 4.90 Å². The third-order valence-corrected chi connectivity index (χ3v) is 5.32. The SMILES string of the molecule is CC1CN2CCCCC2CN1c1ccc(C=O)c(Br)c1. The molecule has 2 unspecified atom stereocenters. The minimum atomic E-state index is 0.526. The predicted molar refractivity (Wildman–Crippen MR) is 85.5 cm³/mol. The van der Waals surface area contributed by atoms with Crippen molar-refractivity contribution in [3.8, 4) is 0 Å². The molecule has 1 aromatic carbocycles. The van der Waals surface area contributed by atoms with E-state index in [0.29, 0.717) is 12.1 Å². The topological polar surface area (TPSA) is 23.6 Å². The summed E-state index contributed by atoms with van der Waals surface area (Å²) in [6.45, 7) is 5.81. The highest BCUT2D eigenvalue weighted by Gasteiger charge is 2.33. The zero-order valence-electron chi connectivity index (χ0n) is 11.9. The van der Waals surface area contributed by atoms with E-state index >= 15 is 0 Å². The summed E-state index contributed by atoms with van der Waals surface area (Å²) in [5.74, 6) is 0. The zero-order chi connectivity index (χ0) is 14.1. The van der Waals surface area contributed by atoms with E-state index in [1.54, 1.807) is 0 Å². The molecular weight excluding hydrogens is 316 g/mol. The summed E-state index contributed by atoms with van der Waals surface area (Å²) in [6.07, 6.45) is 4.92. The van der Waals surface area contributed by atoms with Gasteiger partial charge in [0, 0.05) is 40.9 Å². The first kappa shape index (κ1) is 14.1. The Morgan fingerprint density at radius 1 is 1.30 bits per heavy atom. The Morgan fingerprint density at radius 3 is 2.90 bits per heavy atom. The van der Waals surface area contributed by atoms with Crippen LogP contribution in [-0.2, 0) is 0 Å². The third kappa shape index (κ3) is 2.63. The van der Waals surface area contributed by atoms with Gasteiger partial charge in [-0.2, -0.15) is 0 Å². The number of benzene rings is 1. The molecule has 108 valence electrons. The van der Waals surface area contributed by atoms with Crippen molar-refractivity contribution in [2.75, 3.05) is 24.5 Å². The molecule has 1 aromatic rings. The lowest BCUT2D eigenvalue weighted by atomic mass is 9.96. The number of carbonyl (C=O) groups excluding carboxylic acids is 1. The van der Waals surface area contributed by atoms with E-state index < -0.39 is 0 Å². The highest BCUT2D eigenvalue weighted by atomic mass is 79.9. The Bertz CT molecular complexity index is 505. The Labute approximate surface area is 129 Å². The van der Waals surface area contributed by atoms with Crippen LogP contribution in [0.4, 0.5) is 5.69 Å². The van der Waals surface area contributed by atoms with Gasteiger partial charge in [0.05, 0.1) is 0 Å². The Kier molecular flexibility index (Phi) is 4.13. The van der Waals surface area contributed by atoms with Gasteiger partial charge in [0.15, 0.2) is 6.29 Å². The molecule has 2 heterocycles. The highest BCUT2D eigenvalue weighted by molar-refractivity contribution is 9.10. The monoisotopic (exact) mass is 336 g/mol. The van der Waals surface area contributed by atoms with Gasteiger partial charge in [0.2, 0.25) is 0 Å². The van der Waals surface area contributed by atoms with Gasteiger partial charge >= 0.3 is 0 Å². The van der Waals surface area contributed by atoms with Gasteiger partial charge in [0.25, 0.3) is 0 Å². The molecule has 0 bridgehead atoms. The largest absolute Gasteiger partial charge is 0.366 e. The fraction of sp³-hybridized carbons (Fsp3) is 0.562. The van der Waals surface area contributed by atoms with Gasteiger partial charge in [-0.05, 0) is 60.4 Å². The molecule has 2 saturated heterocycles. The fourth-order valence-electron chi connectivity index (χ4n) is 3.50. The van der Waals surface area contributed by atoms with Gasteiger partial charge in [-0.25, -0.2) is 0 Å². The summed E-state index contributed by atoms with van der Waals surface area (Å²) in [6, 6.07) is 7.29. The van der Waals surface area contributed by atoms with E-state index in [1.807, 2.05) is 6.07 Å². The van der Waals surface area contributed by atoms with Crippen molar-refractivity contribution in [1.29, 1.82) is 0 Å². The fourth-order valence-corrected chi connectivity index (χ4v) is 3.96. The van der Waals surface area contributed by atoms with Crippen molar-refractivity contribution >= 4 is 27.9 Å². The number of piperidine rings is 1. The van der Waals surface area contributed by atoms with Gasteiger partial charge in [-0.3, -0.25) is 9.69 Å². The normalized spacial score (nSPS) is 27.2. The van der Waals surface area contributed by atoms with Gasteiger partial charge in [-0.1, -0.05) is 6.42 Å². The maximum absolute atomic E-state index is 10.9. The number of hydrogen-bond donors (Lipinski definition) is 0. The maximum Gasteiger partial charge on any atom is 0.151 e. The van der Waals surface area contributed by atoms with Crippen LogP contribution in [0.3, 0.4) is 0 Å².